The summed E-state index contributed by atoms with van der Waals surface area (Å²) in [5.74, 6) is 0. The number of hydrogen-bond donors (Lipinski definition) is 0. The fraction of sp³-hybridized carbons (Fsp3) is 0.889. The van der Waals surface area contributed by atoms with Gasteiger partial charge < -0.3 is 9.47 Å². The van der Waals surface area contributed by atoms with Crippen LogP contribution in [0.5, 0.6) is 0 Å². The SMILES string of the molecule is CC(OC(=O)I)OC1CCCCC1. The fourth-order valence-corrected chi connectivity index (χ4v) is 1.99. The molecule has 0 bridgehead atoms. The standard InChI is InChI=1S/C9H15IO3/c1-7(13-9(10)11)12-8-5-3-2-4-6-8/h7-8H,2-6H2,1H3. The van der Waals surface area contributed by atoms with Crippen molar-refractivity contribution in [2.75, 3.05) is 0 Å². The van der Waals surface area contributed by atoms with E-state index in [4.69, 9.17) is 9.47 Å². The average Bonchev–Trinajstić information content (AvgIpc) is 2.04. The lowest BCUT2D eigenvalue weighted by atomic mass is 9.98. The lowest BCUT2D eigenvalue weighted by Crippen LogP contribution is -2.24. The maximum absolute atomic E-state index is 10.6. The van der Waals surface area contributed by atoms with Gasteiger partial charge in [0.1, 0.15) is 0 Å². The number of carbonyl (C=O) groups is 1. The first-order valence-electron chi connectivity index (χ1n) is 4.70. The zero-order chi connectivity index (χ0) is 9.68. The van der Waals surface area contributed by atoms with E-state index in [0.717, 1.165) is 12.8 Å². The Morgan fingerprint density at radius 2 is 2.00 bits per heavy atom. The van der Waals surface area contributed by atoms with Gasteiger partial charge in [-0.1, -0.05) is 19.3 Å². The highest BCUT2D eigenvalue weighted by Gasteiger charge is 2.17. The molecule has 0 N–H and O–H groups in total. The predicted octanol–water partition coefficient (Wildman–Crippen LogP) is 3.25. The highest BCUT2D eigenvalue weighted by Crippen LogP contribution is 2.21. The van der Waals surface area contributed by atoms with Crippen LogP contribution < -0.4 is 0 Å². The van der Waals surface area contributed by atoms with E-state index in [1.807, 2.05) is 0 Å². The quantitative estimate of drug-likeness (QED) is 0.456. The number of carbonyl (C=O) groups excluding carboxylic acids is 1. The Balaban J connectivity index is 2.18. The molecule has 0 radical (unpaired) electrons. The minimum Gasteiger partial charge on any atom is -0.429 e. The van der Waals surface area contributed by atoms with Gasteiger partial charge in [0.15, 0.2) is 0 Å². The van der Waals surface area contributed by atoms with Gasteiger partial charge >= 0.3 is 3.98 Å². The van der Waals surface area contributed by atoms with Crippen LogP contribution in [0.25, 0.3) is 0 Å². The lowest BCUT2D eigenvalue weighted by Gasteiger charge is -2.24. The maximum Gasteiger partial charge on any atom is 0.369 e. The first-order chi connectivity index (χ1) is 6.18. The molecule has 0 heterocycles. The number of ether oxygens (including phenoxy) is 2. The Kier molecular flexibility index (Phi) is 5.01. The molecule has 1 aliphatic rings. The first-order valence-corrected chi connectivity index (χ1v) is 5.78. The third-order valence-electron chi connectivity index (χ3n) is 2.19. The first kappa shape index (κ1) is 11.2. The monoisotopic (exact) mass is 298 g/mol. The molecule has 0 aliphatic heterocycles. The highest BCUT2D eigenvalue weighted by molar-refractivity contribution is 14.1. The number of hydrogen-bond acceptors (Lipinski definition) is 3. The largest absolute Gasteiger partial charge is 0.429 e. The molecule has 1 aliphatic carbocycles. The fourth-order valence-electron chi connectivity index (χ4n) is 1.63. The summed E-state index contributed by atoms with van der Waals surface area (Å²) in [5, 5.41) is 0. The van der Waals surface area contributed by atoms with Crippen molar-refractivity contribution in [3.8, 4) is 0 Å². The lowest BCUT2D eigenvalue weighted by molar-refractivity contribution is -0.128. The van der Waals surface area contributed by atoms with Gasteiger partial charge in [-0.25, -0.2) is 4.79 Å². The third-order valence-corrected chi connectivity index (χ3v) is 2.45. The van der Waals surface area contributed by atoms with Gasteiger partial charge in [-0.05, 0) is 19.8 Å². The molecule has 0 spiro atoms. The molecule has 0 aromatic rings. The van der Waals surface area contributed by atoms with Crippen LogP contribution in [0.2, 0.25) is 0 Å². The number of halogens is 1. The molecule has 13 heavy (non-hydrogen) atoms. The molecule has 4 heteroatoms. The van der Waals surface area contributed by atoms with Gasteiger partial charge in [0.2, 0.25) is 6.29 Å². The second kappa shape index (κ2) is 5.80. The van der Waals surface area contributed by atoms with Gasteiger partial charge in [-0.2, -0.15) is 0 Å². The van der Waals surface area contributed by atoms with Crippen LogP contribution >= 0.6 is 22.6 Å². The average molecular weight is 298 g/mol. The summed E-state index contributed by atoms with van der Waals surface area (Å²) in [5.41, 5.74) is 0. The molecular formula is C9H15IO3. The maximum atomic E-state index is 10.6. The van der Waals surface area contributed by atoms with Crippen LogP contribution in [0.1, 0.15) is 39.0 Å². The molecule has 1 rings (SSSR count). The van der Waals surface area contributed by atoms with Gasteiger partial charge in [-0.3, -0.25) is 0 Å². The summed E-state index contributed by atoms with van der Waals surface area (Å²) >= 11 is 1.61. The molecular weight excluding hydrogens is 283 g/mol. The van der Waals surface area contributed by atoms with Gasteiger partial charge in [-0.15, -0.1) is 0 Å². The minimum atomic E-state index is -0.396. The van der Waals surface area contributed by atoms with Crippen molar-refractivity contribution < 1.29 is 14.3 Å². The van der Waals surface area contributed by atoms with E-state index in [9.17, 15) is 4.79 Å². The van der Waals surface area contributed by atoms with E-state index in [2.05, 4.69) is 0 Å². The third kappa shape index (κ3) is 4.81. The van der Waals surface area contributed by atoms with E-state index in [0.29, 0.717) is 6.10 Å². The molecule has 1 unspecified atom stereocenters. The van der Waals surface area contributed by atoms with E-state index < -0.39 is 6.29 Å². The zero-order valence-electron chi connectivity index (χ0n) is 7.79. The molecule has 76 valence electrons. The Hall–Kier alpha value is 0.160. The van der Waals surface area contributed by atoms with Crippen molar-refractivity contribution in [2.45, 2.75) is 51.4 Å². The van der Waals surface area contributed by atoms with Crippen LogP contribution in [-0.2, 0) is 9.47 Å². The predicted molar refractivity (Wildman–Crippen MR) is 57.9 cm³/mol. The Labute approximate surface area is 92.3 Å². The summed E-state index contributed by atoms with van der Waals surface area (Å²) in [4.78, 5) is 10.6. The highest BCUT2D eigenvalue weighted by atomic mass is 127. The van der Waals surface area contributed by atoms with E-state index in [1.165, 1.54) is 19.3 Å². The summed E-state index contributed by atoms with van der Waals surface area (Å²) < 4.78 is 10.1. The van der Waals surface area contributed by atoms with Gasteiger partial charge in [0.25, 0.3) is 0 Å². The minimum absolute atomic E-state index is 0.291. The van der Waals surface area contributed by atoms with E-state index in [-0.39, 0.29) is 3.98 Å². The Morgan fingerprint density at radius 1 is 1.38 bits per heavy atom. The number of rotatable bonds is 3. The smallest absolute Gasteiger partial charge is 0.369 e. The molecule has 0 saturated heterocycles. The van der Waals surface area contributed by atoms with Crippen molar-refractivity contribution in [1.82, 2.24) is 0 Å². The molecule has 1 atom stereocenters. The van der Waals surface area contributed by atoms with Crippen molar-refractivity contribution in [2.24, 2.45) is 0 Å². The van der Waals surface area contributed by atoms with Crippen molar-refractivity contribution >= 4 is 26.6 Å². The van der Waals surface area contributed by atoms with Gasteiger partial charge in [0.05, 0.1) is 28.7 Å². The van der Waals surface area contributed by atoms with Crippen molar-refractivity contribution in [3.05, 3.63) is 0 Å². The molecule has 0 aromatic heterocycles. The van der Waals surface area contributed by atoms with Crippen LogP contribution in [-0.4, -0.2) is 16.4 Å². The van der Waals surface area contributed by atoms with Crippen LogP contribution in [0.3, 0.4) is 0 Å². The van der Waals surface area contributed by atoms with Crippen LogP contribution in [0, 0.1) is 0 Å². The van der Waals surface area contributed by atoms with Crippen molar-refractivity contribution in [3.63, 3.8) is 0 Å². The second-order valence-corrected chi connectivity index (χ2v) is 4.20. The van der Waals surface area contributed by atoms with Crippen molar-refractivity contribution in [1.29, 1.82) is 0 Å². The molecule has 1 saturated carbocycles. The van der Waals surface area contributed by atoms with E-state index in [1.54, 1.807) is 29.5 Å². The summed E-state index contributed by atoms with van der Waals surface area (Å²) in [6, 6.07) is 0. The molecule has 3 nitrogen and oxygen atoms in total. The summed E-state index contributed by atoms with van der Waals surface area (Å²) in [6.45, 7) is 1.77. The Morgan fingerprint density at radius 3 is 2.54 bits per heavy atom. The van der Waals surface area contributed by atoms with E-state index >= 15 is 0 Å². The summed E-state index contributed by atoms with van der Waals surface area (Å²) in [7, 11) is 0. The molecule has 0 amide bonds. The normalized spacial score (nSPS) is 21.1. The Bertz CT molecular complexity index is 166. The van der Waals surface area contributed by atoms with Gasteiger partial charge in [0, 0.05) is 0 Å². The van der Waals surface area contributed by atoms with Crippen LogP contribution in [0.15, 0.2) is 0 Å². The molecule has 1 fully saturated rings. The molecule has 0 aromatic carbocycles. The summed E-state index contributed by atoms with van der Waals surface area (Å²) in [6.07, 6.45) is 5.87. The topological polar surface area (TPSA) is 35.5 Å². The zero-order valence-corrected chi connectivity index (χ0v) is 9.95. The second-order valence-electron chi connectivity index (χ2n) is 3.32. The van der Waals surface area contributed by atoms with Crippen LogP contribution in [0.4, 0.5) is 4.79 Å².